The smallest absolute Gasteiger partial charge is 0.475 e. The monoisotopic (exact) mass is 1740 g/mol. The molecular weight excluding hydrogens is 1630 g/mol. The van der Waals surface area contributed by atoms with Crippen LogP contribution in [0.15, 0.2) is 194 Å². The maximum atomic E-state index is 16.0. The second-order valence-electron chi connectivity index (χ2n) is 32.4. The average molecular weight is 1740 g/mol. The van der Waals surface area contributed by atoms with Gasteiger partial charge in [-0.2, -0.15) is 13.2 Å². The third-order valence-electron chi connectivity index (χ3n) is 22.6. The summed E-state index contributed by atoms with van der Waals surface area (Å²) in [5.41, 5.74) is 24.0. The molecule has 4 aromatic heterocycles. The molecule has 8 aromatic rings. The van der Waals surface area contributed by atoms with Crippen LogP contribution in [0.1, 0.15) is 200 Å². The van der Waals surface area contributed by atoms with E-state index in [2.05, 4.69) is 172 Å². The van der Waals surface area contributed by atoms with Crippen LogP contribution in [0, 0.1) is 0 Å². The summed E-state index contributed by atoms with van der Waals surface area (Å²) in [7, 11) is 7.36. The molecule has 1 fully saturated rings. The number of alkyl halides is 4. The number of imide groups is 1. The number of aromatic nitrogens is 4. The number of carbonyl (C=O) groups is 7. The van der Waals surface area contributed by atoms with Gasteiger partial charge in [-0.05, 0) is 261 Å². The van der Waals surface area contributed by atoms with Crippen LogP contribution in [-0.4, -0.2) is 206 Å². The molecule has 0 saturated carbocycles. The highest BCUT2D eigenvalue weighted by molar-refractivity contribution is 6.59. The summed E-state index contributed by atoms with van der Waals surface area (Å²) in [6, 6.07) is 44.5. The summed E-state index contributed by atoms with van der Waals surface area (Å²) >= 11 is 0. The number of hydrogen-bond donors (Lipinski definition) is 5. The average Bonchev–Trinajstić information content (AvgIpc) is 1.58. The van der Waals surface area contributed by atoms with E-state index < -0.39 is 51.0 Å². The largest absolute Gasteiger partial charge is 0.737 e. The number of H-pyrrole nitrogens is 2. The molecule has 9 heterocycles. The van der Waals surface area contributed by atoms with Crippen molar-refractivity contribution in [2.45, 2.75) is 156 Å². The van der Waals surface area contributed by atoms with Gasteiger partial charge in [0.25, 0.3) is 11.8 Å². The molecule has 0 unspecified atom stereocenters. The van der Waals surface area contributed by atoms with E-state index in [0.717, 1.165) is 88.1 Å². The van der Waals surface area contributed by atoms with Gasteiger partial charge in [-0.1, -0.05) is 91.9 Å². The van der Waals surface area contributed by atoms with Gasteiger partial charge in [0.05, 0.1) is 14.9 Å². The second-order valence-corrected chi connectivity index (χ2v) is 32.4. The van der Waals surface area contributed by atoms with Crippen LogP contribution in [0.4, 0.5) is 34.8 Å². The van der Waals surface area contributed by atoms with Crippen LogP contribution in [0.5, 0.6) is 0 Å². The van der Waals surface area contributed by atoms with Gasteiger partial charge in [0.2, 0.25) is 5.91 Å². The third kappa shape index (κ3) is 23.6. The van der Waals surface area contributed by atoms with Gasteiger partial charge < -0.3 is 76.0 Å². The summed E-state index contributed by atoms with van der Waals surface area (Å²) in [4.78, 5) is 100. The molecule has 31 heteroatoms. The number of aromatic amines is 2. The summed E-state index contributed by atoms with van der Waals surface area (Å²) < 4.78 is 115. The zero-order chi connectivity index (χ0) is 92.0. The lowest BCUT2D eigenvalue weighted by Gasteiger charge is -2.30. The standard InChI is InChI=1S/C40H42BF2N5O2.C24H30N2O.C20H17BF2N4O4.C8H19N.C2HF3O2.CH3F/c1-46(2)25-7-10-36-34-9-4-3-8-28(34)13-14-29-26-30(15-20-35(29)36)39(49)12-6-24-45-40(50)22-19-31-16-17-32-27-33-18-21-38(37-11-5-23-44-37)48(33)41(42,43)47(31)32;1-26(2)16-6-9-23-21-8-4-3-7-18(21)11-12-19-17-20(13-14-22(19)23)24(27)10-5-15-25;22-21(23)25-13(6-10-20(30)31-27-18(28)8-9-19(27)29)3-4-14(25)12-15-5-7-17(26(15)21)16-2-1-11-24-16;1-6-9(7(2)3)8(4)5;3-2(4,5)1(6)7;1-2/h3-5,8-11,15-18,20-21,23,26-27,44H,6-7,12-14,19,22,24-25H2,1-2H3,(H,45,50);3-4,7-9,13-14,17H,5-6,10-12,15-16,25H2,1-2H3;1-5,7,11-12,24H,6,8-10H2;7-8H,6H2,1-5H3;(H,6,7);1H3/b36-10-;23-9-;;;;/i;;;;;1D. The number of nitrogens with zero attached hydrogens (tertiary/aromatic N) is 8. The first-order chi connectivity index (χ1) is 60.6. The first-order valence-corrected chi connectivity index (χ1v) is 42.6. The van der Waals surface area contributed by atoms with E-state index in [4.69, 9.17) is 21.8 Å². The molecule has 126 heavy (non-hydrogen) atoms. The zero-order valence-electron chi connectivity index (χ0n) is 73.7. The molecule has 5 aliphatic heterocycles. The van der Waals surface area contributed by atoms with E-state index in [-0.39, 0.29) is 61.7 Å². The Kier molecular flexibility index (Phi) is 32.9. The van der Waals surface area contributed by atoms with E-state index >= 15 is 17.3 Å². The van der Waals surface area contributed by atoms with E-state index in [9.17, 15) is 46.3 Å². The molecule has 0 radical (unpaired) electrons. The Morgan fingerprint density at radius 1 is 0.587 bits per heavy atom. The van der Waals surface area contributed by atoms with E-state index in [1.54, 1.807) is 97.4 Å². The van der Waals surface area contributed by atoms with Gasteiger partial charge in [0.15, 0.2) is 34.4 Å². The Labute approximate surface area is 731 Å². The number of fused-ring (bicyclic) bond motifs is 8. The van der Waals surface area contributed by atoms with Crippen LogP contribution in [0.2, 0.25) is 0 Å². The SMILES string of the molecule is CCN(C(C)C)C(C)C.CN(C)CC/C=C1/c2ccccc2CCc2cc(C(=O)CCCN)ccc21.CN(C)CC/C=C1/c2ccccc2CCc2cc(C(=O)CCCNC(=O)CCc3ccc4n3[B-](F)(F)[N+]3=C(c5ccc[nH]5)C=CC3=C4)ccc21.O=C(CCc1ccc2n1[B-](F)(F)[N+]1=C(c3ccc[nH]3)C=CC1=C2)ON1C(=O)CCC1=O.O=C(O)C(F)(F)F.[2H]CF. The number of amides is 3. The van der Waals surface area contributed by atoms with Crippen LogP contribution >= 0.6 is 0 Å². The molecule has 21 nitrogen and oxygen atoms in total. The highest BCUT2D eigenvalue weighted by Crippen LogP contribution is 2.40. The molecule has 15 rings (SSSR count). The van der Waals surface area contributed by atoms with Crippen molar-refractivity contribution >= 4 is 89.9 Å². The van der Waals surface area contributed by atoms with Crippen molar-refractivity contribution in [2.24, 2.45) is 5.73 Å². The van der Waals surface area contributed by atoms with Gasteiger partial charge in [-0.3, -0.25) is 33.3 Å². The topological polar surface area (TPSA) is 247 Å². The molecule has 4 aromatic carbocycles. The molecule has 7 aliphatic rings. The summed E-state index contributed by atoms with van der Waals surface area (Å²) in [6.45, 7) is 6.85. The lowest BCUT2D eigenvalue weighted by atomic mass is 9.90. The second kappa shape index (κ2) is 43.8. The van der Waals surface area contributed by atoms with Gasteiger partial charge in [0.1, 0.15) is 11.4 Å². The zero-order valence-corrected chi connectivity index (χ0v) is 72.7. The molecule has 0 bridgehead atoms. The van der Waals surface area contributed by atoms with Gasteiger partial charge in [-0.15, -0.1) is 5.06 Å². The number of nitrogens with one attached hydrogen (secondary N) is 3. The Morgan fingerprint density at radius 3 is 1.40 bits per heavy atom. The number of aryl methyl sites for hydroxylation is 6. The Morgan fingerprint density at radius 2 is 1.01 bits per heavy atom. The van der Waals surface area contributed by atoms with E-state index in [0.29, 0.717) is 106 Å². The molecular formula is C95H112B2F8N12O9. The fraction of sp³-hybridized carbons (Fsp3) is 0.358. The molecule has 0 atom stereocenters. The first-order valence-electron chi connectivity index (χ1n) is 43.3. The van der Waals surface area contributed by atoms with Crippen molar-refractivity contribution < 1.29 is 88.7 Å². The summed E-state index contributed by atoms with van der Waals surface area (Å²) in [5, 5.41) is 10.5. The van der Waals surface area contributed by atoms with Crippen molar-refractivity contribution in [2.75, 3.05) is 68.1 Å². The van der Waals surface area contributed by atoms with Crippen LogP contribution < -0.4 is 11.1 Å². The van der Waals surface area contributed by atoms with E-state index in [1.165, 1.54) is 55.7 Å². The number of Topliss-reactive ketones (excluding diaryl/α,β-unsaturated/α-hetero) is 2. The summed E-state index contributed by atoms with van der Waals surface area (Å²) in [5.74, 6) is -4.74. The van der Waals surface area contributed by atoms with Crippen molar-refractivity contribution in [3.63, 3.8) is 0 Å². The number of carboxylic acids is 1. The van der Waals surface area contributed by atoms with Crippen molar-refractivity contribution in [3.05, 3.63) is 284 Å². The van der Waals surface area contributed by atoms with Crippen molar-refractivity contribution in [1.29, 1.82) is 0 Å². The molecule has 1 saturated heterocycles. The van der Waals surface area contributed by atoms with E-state index in [1.807, 2.05) is 18.2 Å². The number of halogens is 8. The highest BCUT2D eigenvalue weighted by Gasteiger charge is 2.54. The first kappa shape index (κ1) is 94.7. The van der Waals surface area contributed by atoms with Crippen LogP contribution in [-0.2, 0) is 67.3 Å². The minimum atomic E-state index is -5.08. The lowest BCUT2D eigenvalue weighted by molar-refractivity contribution is -0.361. The minimum absolute atomic E-state index is 0.00868. The number of rotatable bonds is 27. The fourth-order valence-electron chi connectivity index (χ4n) is 16.6. The maximum absolute atomic E-state index is 16.0. The Hall–Kier alpha value is -11.9. The van der Waals surface area contributed by atoms with Gasteiger partial charge >= 0.3 is 32.1 Å². The number of nitrogens with two attached hydrogens (primary N) is 1. The molecule has 3 amide bonds. The molecule has 2 aliphatic carbocycles. The summed E-state index contributed by atoms with van der Waals surface area (Å²) in [6.07, 6.45) is 20.8. The van der Waals surface area contributed by atoms with Gasteiger partial charge in [0, 0.05) is 135 Å². The number of carboxylic acid groups (broad SMARTS) is 1. The van der Waals surface area contributed by atoms with Crippen molar-refractivity contribution in [3.8, 4) is 0 Å². The minimum Gasteiger partial charge on any atom is -0.475 e. The molecule has 668 valence electrons. The number of benzene rings is 4. The van der Waals surface area contributed by atoms with Crippen molar-refractivity contribution in [1.82, 2.24) is 44.0 Å². The normalized spacial score (nSPS) is 16.0. The molecule has 0 spiro atoms. The fourth-order valence-corrected chi connectivity index (χ4v) is 16.6. The number of hydrogen-bond acceptors (Lipinski definition) is 12. The Bertz CT molecular complexity index is 5520. The number of allylic oxidation sites excluding steroid dienone is 4. The quantitative estimate of drug-likeness (QED) is 0.0106. The maximum Gasteiger partial charge on any atom is 0.737 e. The number of hydroxylamine groups is 2. The highest BCUT2D eigenvalue weighted by atomic mass is 19.4. The van der Waals surface area contributed by atoms with Gasteiger partial charge in [-0.25, -0.2) is 9.59 Å². The third-order valence-corrected chi connectivity index (χ3v) is 22.6. The number of aliphatic carboxylic acids is 1. The predicted molar refractivity (Wildman–Crippen MR) is 478 cm³/mol. The predicted octanol–water partition coefficient (Wildman–Crippen LogP) is 16.1. The Balaban J connectivity index is 0.000000187. The molecule has 6 N–H and O–H groups in total. The number of ketones is 2. The van der Waals surface area contributed by atoms with Crippen LogP contribution in [0.3, 0.4) is 0 Å². The van der Waals surface area contributed by atoms with Crippen LogP contribution in [0.25, 0.3) is 23.3 Å². The number of carbonyl (C=O) groups excluding carboxylic acids is 6. The lowest BCUT2D eigenvalue weighted by Crippen LogP contribution is -2.51.